The van der Waals surface area contributed by atoms with Crippen LogP contribution in [0, 0.1) is 5.92 Å². The zero-order chi connectivity index (χ0) is 46.9. The predicted molar refractivity (Wildman–Crippen MR) is 265 cm³/mol. The number of fused-ring (bicyclic) bond motifs is 2. The van der Waals surface area contributed by atoms with Gasteiger partial charge in [-0.25, -0.2) is 4.79 Å². The molecular weight excluding hydrogens is 895 g/mol. The minimum atomic E-state index is -4.22. The van der Waals surface area contributed by atoms with Crippen LogP contribution in [0.1, 0.15) is 92.9 Å². The van der Waals surface area contributed by atoms with Gasteiger partial charge in [0.25, 0.3) is 10.1 Å². The summed E-state index contributed by atoms with van der Waals surface area (Å²) in [6, 6.07) is 24.0. The number of nitrogens with zero attached hydrogens (tertiary/aromatic N) is 1. The average molecular weight is 958 g/mol. The zero-order valence-electron chi connectivity index (χ0n) is 37.8. The van der Waals surface area contributed by atoms with E-state index in [1.54, 1.807) is 54.6 Å². The normalized spacial score (nSPS) is 15.1. The summed E-state index contributed by atoms with van der Waals surface area (Å²) in [5.41, 5.74) is -0.305. The Kier molecular flexibility index (Phi) is 18.8. The maximum Gasteiger partial charge on any atom is 0.349 e. The number of esters is 1. The summed E-state index contributed by atoms with van der Waals surface area (Å²) in [6.45, 7) is 5.28. The first kappa shape index (κ1) is 50.4. The van der Waals surface area contributed by atoms with Crippen molar-refractivity contribution in [2.24, 2.45) is 5.92 Å². The van der Waals surface area contributed by atoms with Crippen LogP contribution in [0.3, 0.4) is 0 Å². The number of nitrogens with one attached hydrogen (secondary N) is 2. The fraction of sp³-hybridized carbons (Fsp3) is 0.412. The minimum absolute atomic E-state index is 0.100. The molecule has 66 heavy (non-hydrogen) atoms. The Bertz CT molecular complexity index is 2610. The van der Waals surface area contributed by atoms with Crippen LogP contribution in [-0.2, 0) is 31.7 Å². The lowest BCUT2D eigenvalue weighted by molar-refractivity contribution is -0.176. The van der Waals surface area contributed by atoms with Gasteiger partial charge < -0.3 is 34.9 Å². The monoisotopic (exact) mass is 957 g/mol. The van der Waals surface area contributed by atoms with Gasteiger partial charge >= 0.3 is 5.97 Å². The standard InChI is InChI=1S/C39H51N3O5S2.C12H12O4S/c1-42(25-9-6-4-2-3-5-8-23-40-24-22-29-16-19-32(43)37-31(29)18-21-36(44)41-37)26-10-7-13-30-17-20-33(30)47-38(45)39(46,34-14-11-27-48-34)35-15-12-28-49-35;1-2-16-11-7-3-6-10-9(11)5-4-8-12(10)17(13,14)15/h10-12,14-16,18-19,21,26-28,30,33,40,43,46H,2-9,13,17,20,22-25H2,1H3,(H,41,44);3-8H,2H2,1H3,(H,13,14,15)/b26-10-;. The molecule has 5 N–H and O–H groups in total. The van der Waals surface area contributed by atoms with Crippen LogP contribution in [-0.4, -0.2) is 78.4 Å². The summed E-state index contributed by atoms with van der Waals surface area (Å²) >= 11 is 2.74. The third-order valence-corrected chi connectivity index (χ3v) is 14.9. The van der Waals surface area contributed by atoms with E-state index in [-0.39, 0.29) is 22.3 Å². The first-order valence-corrected chi connectivity index (χ1v) is 26.1. The molecular formula is C51H63N3O9S3. The number of pyridine rings is 1. The summed E-state index contributed by atoms with van der Waals surface area (Å²) in [7, 11) is -2.08. The molecule has 3 heterocycles. The molecule has 354 valence electrons. The third kappa shape index (κ3) is 13.5. The number of hydrogen-bond donors (Lipinski definition) is 5. The van der Waals surface area contributed by atoms with Crippen molar-refractivity contribution in [1.82, 2.24) is 15.2 Å². The number of phenolic OH excluding ortho intramolecular Hbond substituents is 1. The molecule has 6 aromatic rings. The Labute approximate surface area is 396 Å². The van der Waals surface area contributed by atoms with Crippen molar-refractivity contribution >= 4 is 60.4 Å². The highest BCUT2D eigenvalue weighted by atomic mass is 32.2. The average Bonchev–Trinajstić information content (AvgIpc) is 4.06. The number of unbranched alkanes of at least 4 members (excludes halogenated alkanes) is 6. The molecule has 7 rings (SSSR count). The fourth-order valence-corrected chi connectivity index (χ4v) is 10.7. The molecule has 3 aromatic heterocycles. The molecule has 1 fully saturated rings. The summed E-state index contributed by atoms with van der Waals surface area (Å²) < 4.78 is 42.9. The molecule has 3 aromatic carbocycles. The maximum absolute atomic E-state index is 13.3. The van der Waals surface area contributed by atoms with E-state index < -0.39 is 21.7 Å². The van der Waals surface area contributed by atoms with Gasteiger partial charge in [0.15, 0.2) is 0 Å². The van der Waals surface area contributed by atoms with Gasteiger partial charge in [-0.2, -0.15) is 8.42 Å². The largest absolute Gasteiger partial charge is 0.506 e. The van der Waals surface area contributed by atoms with Gasteiger partial charge in [0.1, 0.15) is 22.5 Å². The molecule has 0 bridgehead atoms. The van der Waals surface area contributed by atoms with Crippen molar-refractivity contribution in [3.8, 4) is 11.5 Å². The molecule has 0 radical (unpaired) electrons. The number of aromatic amines is 1. The van der Waals surface area contributed by atoms with Crippen LogP contribution >= 0.6 is 22.7 Å². The predicted octanol–water partition coefficient (Wildman–Crippen LogP) is 10.2. The Balaban J connectivity index is 0.000000353. The maximum atomic E-state index is 13.3. The summed E-state index contributed by atoms with van der Waals surface area (Å²) in [6.07, 6.45) is 17.7. The van der Waals surface area contributed by atoms with E-state index in [0.717, 1.165) is 62.7 Å². The molecule has 0 saturated heterocycles. The topological polar surface area (TPSA) is 178 Å². The zero-order valence-corrected chi connectivity index (χ0v) is 40.3. The number of ether oxygens (including phenoxy) is 2. The van der Waals surface area contributed by atoms with Gasteiger partial charge in [-0.15, -0.1) is 22.7 Å². The lowest BCUT2D eigenvalue weighted by Gasteiger charge is -2.37. The highest BCUT2D eigenvalue weighted by Crippen LogP contribution is 2.40. The van der Waals surface area contributed by atoms with Gasteiger partial charge in [0.2, 0.25) is 11.2 Å². The molecule has 2 unspecified atom stereocenters. The van der Waals surface area contributed by atoms with Crippen molar-refractivity contribution in [3.05, 3.63) is 134 Å². The number of thiophene rings is 2. The van der Waals surface area contributed by atoms with Gasteiger partial charge in [-0.3, -0.25) is 9.35 Å². The quantitative estimate of drug-likeness (QED) is 0.0222. The summed E-state index contributed by atoms with van der Waals surface area (Å²) in [5, 5.41) is 30.8. The number of phenols is 1. The van der Waals surface area contributed by atoms with Crippen molar-refractivity contribution in [2.75, 3.05) is 33.3 Å². The Hall–Kier alpha value is -5.03. The smallest absolute Gasteiger partial charge is 0.349 e. The van der Waals surface area contributed by atoms with Crippen molar-refractivity contribution in [1.29, 1.82) is 0 Å². The number of aromatic hydroxyl groups is 1. The first-order valence-electron chi connectivity index (χ1n) is 22.9. The fourth-order valence-electron chi connectivity index (χ4n) is 8.29. The Morgan fingerprint density at radius 2 is 1.56 bits per heavy atom. The molecule has 15 heteroatoms. The number of carbonyl (C=O) groups is 1. The van der Waals surface area contributed by atoms with E-state index in [0.29, 0.717) is 44.3 Å². The number of aliphatic hydroxyl groups is 1. The van der Waals surface area contributed by atoms with E-state index >= 15 is 0 Å². The summed E-state index contributed by atoms with van der Waals surface area (Å²) in [4.78, 5) is 31.0. The van der Waals surface area contributed by atoms with Crippen LogP contribution in [0.2, 0.25) is 0 Å². The minimum Gasteiger partial charge on any atom is -0.506 e. The molecule has 0 amide bonds. The Morgan fingerprint density at radius 3 is 2.23 bits per heavy atom. The highest BCUT2D eigenvalue weighted by molar-refractivity contribution is 7.86. The van der Waals surface area contributed by atoms with E-state index in [1.807, 2.05) is 35.9 Å². The van der Waals surface area contributed by atoms with E-state index in [2.05, 4.69) is 34.5 Å². The van der Waals surface area contributed by atoms with Crippen LogP contribution in [0.4, 0.5) is 0 Å². The second kappa shape index (κ2) is 24.7. The second-order valence-corrected chi connectivity index (χ2v) is 20.0. The molecule has 0 aliphatic heterocycles. The number of rotatable bonds is 24. The number of aromatic nitrogens is 1. The number of allylic oxidation sites excluding steroid dienone is 1. The van der Waals surface area contributed by atoms with Crippen molar-refractivity contribution in [3.63, 3.8) is 0 Å². The summed E-state index contributed by atoms with van der Waals surface area (Å²) in [5.74, 6) is 0.492. The van der Waals surface area contributed by atoms with Crippen molar-refractivity contribution in [2.45, 2.75) is 101 Å². The van der Waals surface area contributed by atoms with Gasteiger partial charge in [0.05, 0.1) is 21.9 Å². The van der Waals surface area contributed by atoms with E-state index in [1.165, 1.54) is 79.8 Å². The second-order valence-electron chi connectivity index (χ2n) is 16.7. The molecule has 12 nitrogen and oxygen atoms in total. The lowest BCUT2D eigenvalue weighted by atomic mass is 9.78. The van der Waals surface area contributed by atoms with Crippen LogP contribution in [0.5, 0.6) is 11.5 Å². The van der Waals surface area contributed by atoms with Crippen LogP contribution in [0.25, 0.3) is 21.7 Å². The van der Waals surface area contributed by atoms with Crippen LogP contribution < -0.4 is 15.6 Å². The number of benzene rings is 3. The molecule has 2 atom stereocenters. The SMILES string of the molecule is CCOc1cccc2c(S(=O)(=O)O)cccc12.CN(/C=C\CCC1CCC1OC(=O)C(O)(c1cccs1)c1cccs1)CCCCCCCCCNCCc1ccc(O)c2[nH]c(=O)ccc12. The lowest BCUT2D eigenvalue weighted by Crippen LogP contribution is -2.43. The van der Waals surface area contributed by atoms with Gasteiger partial charge in [0, 0.05) is 35.8 Å². The van der Waals surface area contributed by atoms with Crippen molar-refractivity contribution < 1.29 is 37.5 Å². The molecule has 1 saturated carbocycles. The first-order chi connectivity index (χ1) is 31.9. The third-order valence-electron chi connectivity index (χ3n) is 12.0. The van der Waals surface area contributed by atoms with Gasteiger partial charge in [-0.1, -0.05) is 80.6 Å². The van der Waals surface area contributed by atoms with Gasteiger partial charge in [-0.05, 0) is 130 Å². The number of H-pyrrole nitrogens is 1. The van der Waals surface area contributed by atoms with Crippen LogP contribution in [0.15, 0.2) is 118 Å². The highest BCUT2D eigenvalue weighted by Gasteiger charge is 2.46. The van der Waals surface area contributed by atoms with E-state index in [4.69, 9.17) is 14.0 Å². The number of hydrogen-bond acceptors (Lipinski definition) is 12. The van der Waals surface area contributed by atoms with E-state index in [9.17, 15) is 28.2 Å². The Morgan fingerprint density at radius 1 is 0.864 bits per heavy atom. The molecule has 1 aliphatic carbocycles. The number of carbonyl (C=O) groups excluding carboxylic acids is 1. The molecule has 1 aliphatic rings. The molecule has 0 spiro atoms.